The fourth-order valence-corrected chi connectivity index (χ4v) is 3.70. The van der Waals surface area contributed by atoms with Gasteiger partial charge in [-0.3, -0.25) is 9.59 Å². The van der Waals surface area contributed by atoms with Crippen molar-refractivity contribution in [2.45, 2.75) is 26.7 Å². The molecular formula is C27H31N3O4. The maximum Gasteiger partial charge on any atom is 0.269 e. The lowest BCUT2D eigenvalue weighted by Gasteiger charge is -2.11. The van der Waals surface area contributed by atoms with Gasteiger partial charge in [0.1, 0.15) is 22.9 Å². The van der Waals surface area contributed by atoms with Gasteiger partial charge < -0.3 is 20.1 Å². The molecule has 0 unspecified atom stereocenters. The molecular weight excluding hydrogens is 430 g/mol. The summed E-state index contributed by atoms with van der Waals surface area (Å²) in [5.74, 6) is 0.927. The van der Waals surface area contributed by atoms with Crippen molar-refractivity contribution in [2.75, 3.05) is 27.3 Å². The van der Waals surface area contributed by atoms with E-state index in [0.717, 1.165) is 33.8 Å². The highest BCUT2D eigenvalue weighted by molar-refractivity contribution is 5.96. The zero-order valence-electron chi connectivity index (χ0n) is 20.1. The summed E-state index contributed by atoms with van der Waals surface area (Å²) >= 11 is 0. The van der Waals surface area contributed by atoms with Crippen LogP contribution < -0.4 is 20.1 Å². The van der Waals surface area contributed by atoms with E-state index in [1.807, 2.05) is 50.2 Å². The maximum absolute atomic E-state index is 12.6. The SMILES string of the molecule is COc1ccc(C)cc1CCNC(=O)c1cccc(C(=O)NCCc2cc(C)ccc2OC)n1. The first-order valence-corrected chi connectivity index (χ1v) is 11.2. The van der Waals surface area contributed by atoms with Crippen molar-refractivity contribution in [3.8, 4) is 11.5 Å². The summed E-state index contributed by atoms with van der Waals surface area (Å²) in [4.78, 5) is 29.4. The monoisotopic (exact) mass is 461 g/mol. The number of nitrogens with zero attached hydrogens (tertiary/aromatic N) is 1. The van der Waals surface area contributed by atoms with Crippen LogP contribution in [0.25, 0.3) is 0 Å². The van der Waals surface area contributed by atoms with Crippen molar-refractivity contribution in [2.24, 2.45) is 0 Å². The third kappa shape index (κ3) is 6.57. The lowest BCUT2D eigenvalue weighted by molar-refractivity contribution is 0.0945. The van der Waals surface area contributed by atoms with Gasteiger partial charge >= 0.3 is 0 Å². The molecule has 0 saturated carbocycles. The Morgan fingerprint density at radius 3 is 1.59 bits per heavy atom. The molecule has 1 heterocycles. The highest BCUT2D eigenvalue weighted by Gasteiger charge is 2.13. The van der Waals surface area contributed by atoms with Crippen LogP contribution in [0, 0.1) is 13.8 Å². The second kappa shape index (κ2) is 11.8. The van der Waals surface area contributed by atoms with Crippen LogP contribution in [0.2, 0.25) is 0 Å². The van der Waals surface area contributed by atoms with Crippen LogP contribution in [0.3, 0.4) is 0 Å². The molecule has 34 heavy (non-hydrogen) atoms. The number of hydrogen-bond acceptors (Lipinski definition) is 5. The molecule has 0 atom stereocenters. The Morgan fingerprint density at radius 2 is 1.18 bits per heavy atom. The molecule has 7 nitrogen and oxygen atoms in total. The number of hydrogen-bond donors (Lipinski definition) is 2. The van der Waals surface area contributed by atoms with Crippen LogP contribution in [-0.4, -0.2) is 44.1 Å². The van der Waals surface area contributed by atoms with E-state index >= 15 is 0 Å². The molecule has 3 rings (SSSR count). The highest BCUT2D eigenvalue weighted by Crippen LogP contribution is 2.20. The van der Waals surface area contributed by atoms with Crippen LogP contribution in [0.15, 0.2) is 54.6 Å². The molecule has 178 valence electrons. The summed E-state index contributed by atoms with van der Waals surface area (Å²) in [6.07, 6.45) is 1.25. The predicted octanol–water partition coefficient (Wildman–Crippen LogP) is 3.66. The lowest BCUT2D eigenvalue weighted by atomic mass is 10.1. The number of benzene rings is 2. The third-order valence-corrected chi connectivity index (χ3v) is 5.45. The summed E-state index contributed by atoms with van der Waals surface area (Å²) in [6.45, 7) is 4.88. The second-order valence-corrected chi connectivity index (χ2v) is 8.05. The molecule has 0 aliphatic carbocycles. The van der Waals surface area contributed by atoms with E-state index in [9.17, 15) is 9.59 Å². The van der Waals surface area contributed by atoms with Gasteiger partial charge in [0.25, 0.3) is 11.8 Å². The van der Waals surface area contributed by atoms with Crippen molar-refractivity contribution in [3.63, 3.8) is 0 Å². The first-order chi connectivity index (χ1) is 16.4. The topological polar surface area (TPSA) is 89.5 Å². The summed E-state index contributed by atoms with van der Waals surface area (Å²) in [7, 11) is 3.26. The van der Waals surface area contributed by atoms with E-state index < -0.39 is 0 Å². The normalized spacial score (nSPS) is 10.5. The fraction of sp³-hybridized carbons (Fsp3) is 0.296. The van der Waals surface area contributed by atoms with E-state index in [-0.39, 0.29) is 23.2 Å². The van der Waals surface area contributed by atoms with Crippen molar-refractivity contribution >= 4 is 11.8 Å². The number of ether oxygens (including phenoxy) is 2. The lowest BCUT2D eigenvalue weighted by Crippen LogP contribution is -2.29. The number of amides is 2. The van der Waals surface area contributed by atoms with Crippen molar-refractivity contribution < 1.29 is 19.1 Å². The molecule has 0 radical (unpaired) electrons. The molecule has 0 spiro atoms. The molecule has 2 amide bonds. The van der Waals surface area contributed by atoms with Gasteiger partial charge in [-0.2, -0.15) is 0 Å². The minimum Gasteiger partial charge on any atom is -0.496 e. The quantitative estimate of drug-likeness (QED) is 0.481. The number of rotatable bonds is 10. The average molecular weight is 462 g/mol. The number of carbonyl (C=O) groups is 2. The molecule has 3 aromatic rings. The van der Waals surface area contributed by atoms with Crippen molar-refractivity contribution in [1.82, 2.24) is 15.6 Å². The summed E-state index contributed by atoms with van der Waals surface area (Å²) in [5.41, 5.74) is 4.70. The second-order valence-electron chi connectivity index (χ2n) is 8.05. The van der Waals surface area contributed by atoms with Gasteiger partial charge in [-0.15, -0.1) is 0 Å². The minimum absolute atomic E-state index is 0.198. The molecule has 0 saturated heterocycles. The minimum atomic E-state index is -0.328. The Bertz CT molecular complexity index is 1070. The highest BCUT2D eigenvalue weighted by atomic mass is 16.5. The van der Waals surface area contributed by atoms with E-state index in [0.29, 0.717) is 25.9 Å². The van der Waals surface area contributed by atoms with E-state index in [4.69, 9.17) is 9.47 Å². The molecule has 7 heteroatoms. The first-order valence-electron chi connectivity index (χ1n) is 11.2. The molecule has 1 aromatic heterocycles. The van der Waals surface area contributed by atoms with Crippen LogP contribution in [0.1, 0.15) is 43.2 Å². The number of nitrogens with one attached hydrogen (secondary N) is 2. The van der Waals surface area contributed by atoms with Crippen molar-refractivity contribution in [3.05, 3.63) is 88.2 Å². The number of pyridine rings is 1. The van der Waals surface area contributed by atoms with Gasteiger partial charge in [-0.05, 0) is 62.1 Å². The van der Waals surface area contributed by atoms with Crippen LogP contribution in [0.4, 0.5) is 0 Å². The molecule has 0 fully saturated rings. The van der Waals surface area contributed by atoms with Gasteiger partial charge in [-0.25, -0.2) is 4.98 Å². The zero-order chi connectivity index (χ0) is 24.5. The fourth-order valence-electron chi connectivity index (χ4n) is 3.70. The first kappa shape index (κ1) is 24.8. The number of aryl methyl sites for hydroxylation is 2. The Kier molecular flexibility index (Phi) is 8.62. The number of methoxy groups -OCH3 is 2. The van der Waals surface area contributed by atoms with Gasteiger partial charge in [0, 0.05) is 13.1 Å². The van der Waals surface area contributed by atoms with Crippen LogP contribution >= 0.6 is 0 Å². The molecule has 2 N–H and O–H groups in total. The van der Waals surface area contributed by atoms with Crippen LogP contribution in [0.5, 0.6) is 11.5 Å². The standard InChI is InChI=1S/C27H31N3O4/c1-18-8-10-24(33-3)20(16-18)12-14-28-26(31)22-6-5-7-23(30-22)27(32)29-15-13-21-17-19(2)9-11-25(21)34-4/h5-11,16-17H,12-15H2,1-4H3,(H,28,31)(H,29,32). The van der Waals surface area contributed by atoms with E-state index in [1.54, 1.807) is 32.4 Å². The Morgan fingerprint density at radius 1 is 0.735 bits per heavy atom. The van der Waals surface area contributed by atoms with Gasteiger partial charge in [0.05, 0.1) is 14.2 Å². The van der Waals surface area contributed by atoms with E-state index in [2.05, 4.69) is 15.6 Å². The molecule has 0 aliphatic heterocycles. The Labute approximate surface area is 200 Å². The summed E-state index contributed by atoms with van der Waals surface area (Å²) in [6, 6.07) is 16.7. The number of aromatic nitrogens is 1. The van der Waals surface area contributed by atoms with Gasteiger partial charge in [-0.1, -0.05) is 41.5 Å². The van der Waals surface area contributed by atoms with E-state index in [1.165, 1.54) is 0 Å². The Balaban J connectivity index is 1.54. The van der Waals surface area contributed by atoms with Crippen LogP contribution in [-0.2, 0) is 12.8 Å². The number of carbonyl (C=O) groups excluding carboxylic acids is 2. The molecule has 0 bridgehead atoms. The van der Waals surface area contributed by atoms with Crippen molar-refractivity contribution in [1.29, 1.82) is 0 Å². The Hall–Kier alpha value is -3.87. The smallest absolute Gasteiger partial charge is 0.269 e. The largest absolute Gasteiger partial charge is 0.496 e. The maximum atomic E-state index is 12.6. The molecule has 0 aliphatic rings. The zero-order valence-corrected chi connectivity index (χ0v) is 20.1. The van der Waals surface area contributed by atoms with Gasteiger partial charge in [0.15, 0.2) is 0 Å². The third-order valence-electron chi connectivity index (χ3n) is 5.45. The van der Waals surface area contributed by atoms with Gasteiger partial charge in [0.2, 0.25) is 0 Å². The predicted molar refractivity (Wildman–Crippen MR) is 132 cm³/mol. The molecule has 2 aromatic carbocycles. The summed E-state index contributed by atoms with van der Waals surface area (Å²) < 4.78 is 10.8. The summed E-state index contributed by atoms with van der Waals surface area (Å²) in [5, 5.41) is 5.73. The average Bonchev–Trinajstić information content (AvgIpc) is 2.84.